The van der Waals surface area contributed by atoms with Crippen molar-refractivity contribution in [2.75, 3.05) is 6.61 Å². The highest BCUT2D eigenvalue weighted by atomic mass is 32.2. The summed E-state index contributed by atoms with van der Waals surface area (Å²) < 4.78 is 27.2. The molecule has 1 aromatic carbocycles. The summed E-state index contributed by atoms with van der Waals surface area (Å²) in [7, 11) is -3.41. The summed E-state index contributed by atoms with van der Waals surface area (Å²) in [4.78, 5) is 0.322. The Morgan fingerprint density at radius 2 is 1.74 bits per heavy atom. The molecule has 1 fully saturated rings. The van der Waals surface area contributed by atoms with Crippen LogP contribution in [0.2, 0.25) is 0 Å². The molecule has 5 heteroatoms. The quantitative estimate of drug-likeness (QED) is 0.886. The van der Waals surface area contributed by atoms with Crippen LogP contribution in [0.4, 0.5) is 0 Å². The Morgan fingerprint density at radius 1 is 1.16 bits per heavy atom. The summed E-state index contributed by atoms with van der Waals surface area (Å²) in [5, 5.41) is 9.08. The van der Waals surface area contributed by atoms with E-state index in [9.17, 15) is 8.42 Å². The fraction of sp³-hybridized carbons (Fsp3) is 0.571. The molecule has 0 heterocycles. The molecule has 0 amide bonds. The first-order chi connectivity index (χ1) is 9.01. The van der Waals surface area contributed by atoms with Gasteiger partial charge in [0.1, 0.15) is 0 Å². The van der Waals surface area contributed by atoms with E-state index in [0.717, 1.165) is 31.2 Å². The highest BCUT2D eigenvalue weighted by molar-refractivity contribution is 7.89. The van der Waals surface area contributed by atoms with Crippen LogP contribution in [0.5, 0.6) is 0 Å². The average molecular weight is 283 g/mol. The van der Waals surface area contributed by atoms with Crippen molar-refractivity contribution < 1.29 is 13.5 Å². The number of hydrogen-bond donors (Lipinski definition) is 2. The molecule has 0 atom stereocenters. The molecule has 0 radical (unpaired) electrons. The Kier molecular flexibility index (Phi) is 4.60. The smallest absolute Gasteiger partial charge is 0.240 e. The minimum Gasteiger partial charge on any atom is -0.396 e. The highest BCUT2D eigenvalue weighted by Gasteiger charge is 2.25. The second-order valence-corrected chi connectivity index (χ2v) is 7.05. The van der Waals surface area contributed by atoms with E-state index in [4.69, 9.17) is 5.11 Å². The third-order valence-electron chi connectivity index (χ3n) is 3.76. The van der Waals surface area contributed by atoms with Crippen LogP contribution in [0, 0.1) is 12.8 Å². The lowest BCUT2D eigenvalue weighted by Crippen LogP contribution is -2.38. The fourth-order valence-corrected chi connectivity index (χ4v) is 3.77. The molecule has 4 nitrogen and oxygen atoms in total. The van der Waals surface area contributed by atoms with Crippen molar-refractivity contribution in [2.24, 2.45) is 5.92 Å². The molecule has 2 rings (SSSR count). The van der Waals surface area contributed by atoms with Gasteiger partial charge < -0.3 is 5.11 Å². The molecule has 2 N–H and O–H groups in total. The minimum absolute atomic E-state index is 0.00546. The maximum atomic E-state index is 12.2. The van der Waals surface area contributed by atoms with Gasteiger partial charge in [-0.15, -0.1) is 0 Å². The Labute approximate surface area is 114 Å². The van der Waals surface area contributed by atoms with Crippen LogP contribution in [-0.4, -0.2) is 26.2 Å². The van der Waals surface area contributed by atoms with Crippen LogP contribution >= 0.6 is 0 Å². The molecule has 1 aromatic rings. The molecule has 1 saturated carbocycles. The standard InChI is InChI=1S/C14H21NO3S/c1-11-2-8-14(9-3-11)19(17,18)15-13-6-4-12(10-16)5-7-13/h2-3,8-9,12-13,15-16H,4-7,10H2,1H3. The van der Waals surface area contributed by atoms with E-state index in [1.807, 2.05) is 6.92 Å². The van der Waals surface area contributed by atoms with Gasteiger partial charge in [-0.1, -0.05) is 17.7 Å². The Morgan fingerprint density at radius 3 is 2.26 bits per heavy atom. The summed E-state index contributed by atoms with van der Waals surface area (Å²) in [5.41, 5.74) is 1.04. The van der Waals surface area contributed by atoms with E-state index < -0.39 is 10.0 Å². The summed E-state index contributed by atoms with van der Waals surface area (Å²) in [6.45, 7) is 2.14. The van der Waals surface area contributed by atoms with Crippen LogP contribution in [0.3, 0.4) is 0 Å². The number of aliphatic hydroxyl groups is 1. The van der Waals surface area contributed by atoms with Crippen molar-refractivity contribution in [2.45, 2.75) is 43.5 Å². The lowest BCUT2D eigenvalue weighted by atomic mass is 9.87. The van der Waals surface area contributed by atoms with E-state index >= 15 is 0 Å². The van der Waals surface area contributed by atoms with E-state index in [1.54, 1.807) is 24.3 Å². The number of aliphatic hydroxyl groups excluding tert-OH is 1. The van der Waals surface area contributed by atoms with E-state index in [-0.39, 0.29) is 12.6 Å². The normalized spacial score (nSPS) is 24.3. The van der Waals surface area contributed by atoms with Gasteiger partial charge in [0.25, 0.3) is 0 Å². The summed E-state index contributed by atoms with van der Waals surface area (Å²) >= 11 is 0. The van der Waals surface area contributed by atoms with Crippen LogP contribution in [-0.2, 0) is 10.0 Å². The second-order valence-electron chi connectivity index (χ2n) is 5.33. The van der Waals surface area contributed by atoms with Crippen molar-refractivity contribution in [3.8, 4) is 0 Å². The van der Waals surface area contributed by atoms with Gasteiger partial charge in [-0.25, -0.2) is 13.1 Å². The monoisotopic (exact) mass is 283 g/mol. The number of rotatable bonds is 4. The van der Waals surface area contributed by atoms with Gasteiger partial charge in [0.15, 0.2) is 0 Å². The molecule has 0 spiro atoms. The molecule has 1 aliphatic carbocycles. The zero-order chi connectivity index (χ0) is 13.9. The van der Waals surface area contributed by atoms with Gasteiger partial charge in [-0.05, 0) is 50.7 Å². The molecule has 19 heavy (non-hydrogen) atoms. The van der Waals surface area contributed by atoms with Crippen LogP contribution in [0.25, 0.3) is 0 Å². The molecular formula is C14H21NO3S. The molecule has 0 aromatic heterocycles. The van der Waals surface area contributed by atoms with E-state index in [2.05, 4.69) is 4.72 Å². The maximum absolute atomic E-state index is 12.2. The second kappa shape index (κ2) is 6.03. The number of nitrogens with one attached hydrogen (secondary N) is 1. The fourth-order valence-electron chi connectivity index (χ4n) is 2.47. The van der Waals surface area contributed by atoms with Crippen molar-refractivity contribution in [3.63, 3.8) is 0 Å². The van der Waals surface area contributed by atoms with Gasteiger partial charge in [-0.3, -0.25) is 0 Å². The lowest BCUT2D eigenvalue weighted by Gasteiger charge is -2.27. The molecular weight excluding hydrogens is 262 g/mol. The van der Waals surface area contributed by atoms with Crippen LogP contribution < -0.4 is 4.72 Å². The third kappa shape index (κ3) is 3.78. The third-order valence-corrected chi connectivity index (χ3v) is 5.29. The lowest BCUT2D eigenvalue weighted by molar-refractivity contribution is 0.180. The number of hydrogen-bond acceptors (Lipinski definition) is 3. The Balaban J connectivity index is 2.00. The maximum Gasteiger partial charge on any atom is 0.240 e. The summed E-state index contributed by atoms with van der Waals surface area (Å²) in [6.07, 6.45) is 3.38. The number of aryl methyl sites for hydroxylation is 1. The molecule has 0 aliphatic heterocycles. The van der Waals surface area contributed by atoms with E-state index in [0.29, 0.717) is 10.8 Å². The highest BCUT2D eigenvalue weighted by Crippen LogP contribution is 2.25. The average Bonchev–Trinajstić information content (AvgIpc) is 2.40. The van der Waals surface area contributed by atoms with Crippen LogP contribution in [0.1, 0.15) is 31.2 Å². The minimum atomic E-state index is -3.41. The molecule has 106 valence electrons. The summed E-state index contributed by atoms with van der Waals surface area (Å²) in [5.74, 6) is 0.333. The van der Waals surface area contributed by atoms with Gasteiger partial charge in [0.05, 0.1) is 4.90 Å². The van der Waals surface area contributed by atoms with Gasteiger partial charge >= 0.3 is 0 Å². The van der Waals surface area contributed by atoms with Gasteiger partial charge in [-0.2, -0.15) is 0 Å². The van der Waals surface area contributed by atoms with Crippen LogP contribution in [0.15, 0.2) is 29.2 Å². The van der Waals surface area contributed by atoms with Crippen molar-refractivity contribution >= 4 is 10.0 Å². The summed E-state index contributed by atoms with van der Waals surface area (Å²) in [6, 6.07) is 6.87. The molecule has 0 bridgehead atoms. The topological polar surface area (TPSA) is 66.4 Å². The van der Waals surface area contributed by atoms with Gasteiger partial charge in [0.2, 0.25) is 10.0 Å². The zero-order valence-corrected chi connectivity index (χ0v) is 12.0. The number of sulfonamides is 1. The largest absolute Gasteiger partial charge is 0.396 e. The Bertz CT molecular complexity index is 502. The predicted octanol–water partition coefficient (Wildman–Crippen LogP) is 1.82. The van der Waals surface area contributed by atoms with E-state index in [1.165, 1.54) is 0 Å². The first kappa shape index (κ1) is 14.5. The number of benzene rings is 1. The predicted molar refractivity (Wildman–Crippen MR) is 74.3 cm³/mol. The van der Waals surface area contributed by atoms with Crippen molar-refractivity contribution in [1.29, 1.82) is 0 Å². The van der Waals surface area contributed by atoms with Gasteiger partial charge in [0, 0.05) is 12.6 Å². The Hall–Kier alpha value is -0.910. The molecule has 0 unspecified atom stereocenters. The zero-order valence-electron chi connectivity index (χ0n) is 11.2. The van der Waals surface area contributed by atoms with Crippen molar-refractivity contribution in [3.05, 3.63) is 29.8 Å². The van der Waals surface area contributed by atoms with Crippen molar-refractivity contribution in [1.82, 2.24) is 4.72 Å². The first-order valence-electron chi connectivity index (χ1n) is 6.71. The first-order valence-corrected chi connectivity index (χ1v) is 8.19. The molecule has 0 saturated heterocycles. The SMILES string of the molecule is Cc1ccc(S(=O)(=O)NC2CCC(CO)CC2)cc1. The molecule has 1 aliphatic rings.